The van der Waals surface area contributed by atoms with Crippen molar-refractivity contribution < 1.29 is 30.4 Å². The van der Waals surface area contributed by atoms with Gasteiger partial charge in [-0.3, -0.25) is 4.79 Å². The summed E-state index contributed by atoms with van der Waals surface area (Å²) in [7, 11) is 0. The molecule has 0 aliphatic carbocycles. The molecule has 0 rings (SSSR count). The van der Waals surface area contributed by atoms with Gasteiger partial charge in [-0.05, 0) is 5.92 Å². The van der Waals surface area contributed by atoms with Gasteiger partial charge in [0, 0.05) is 0 Å². The summed E-state index contributed by atoms with van der Waals surface area (Å²) in [5, 5.41) is 26.2. The third-order valence-electron chi connectivity index (χ3n) is 1.75. The van der Waals surface area contributed by atoms with Crippen LogP contribution in [-0.4, -0.2) is 38.3 Å². The Balaban J connectivity index is 0. The molecule has 0 aliphatic heterocycles. The topological polar surface area (TPSA) is 126 Å². The maximum absolute atomic E-state index is 10.5. The molecule has 0 heterocycles. The zero-order valence-corrected chi connectivity index (χ0v) is 7.44. The highest BCUT2D eigenvalue weighted by Crippen LogP contribution is 2.21. The molecule has 0 saturated carbocycles. The minimum Gasteiger partial charge on any atom is -0.481 e. The number of carboxylic acids is 2. The summed E-state index contributed by atoms with van der Waals surface area (Å²) in [6, 6.07) is 0. The molecule has 1 atom stereocenters. The van der Waals surface area contributed by atoms with E-state index in [1.165, 1.54) is 13.8 Å². The van der Waals surface area contributed by atoms with Crippen LogP contribution in [0.3, 0.4) is 0 Å². The summed E-state index contributed by atoms with van der Waals surface area (Å²) >= 11 is 0. The van der Waals surface area contributed by atoms with Crippen LogP contribution in [-0.2, 0) is 9.59 Å². The van der Waals surface area contributed by atoms with E-state index in [2.05, 4.69) is 0 Å². The molecule has 0 aromatic rings. The maximum Gasteiger partial charge on any atom is 0.336 e. The normalized spacial score (nSPS) is 14.5. The smallest absolute Gasteiger partial charge is 0.336 e. The van der Waals surface area contributed by atoms with Crippen molar-refractivity contribution in [2.45, 2.75) is 25.9 Å². The molecule has 0 aromatic carbocycles. The molecule has 6 nitrogen and oxygen atoms in total. The molecule has 0 aliphatic rings. The van der Waals surface area contributed by atoms with Gasteiger partial charge in [-0.15, -0.1) is 0 Å². The van der Waals surface area contributed by atoms with E-state index in [0.29, 0.717) is 0 Å². The highest BCUT2D eigenvalue weighted by Gasteiger charge is 2.41. The van der Waals surface area contributed by atoms with Crippen LogP contribution in [0.1, 0.15) is 20.3 Å². The van der Waals surface area contributed by atoms with Gasteiger partial charge in [-0.1, -0.05) is 13.8 Å². The van der Waals surface area contributed by atoms with E-state index in [-0.39, 0.29) is 5.48 Å². The number of hydrogen-bond donors (Lipinski definition) is 3. The highest BCUT2D eigenvalue weighted by molar-refractivity contribution is 5.83. The number of rotatable bonds is 4. The molecule has 0 amide bonds. The first kappa shape index (κ1) is 14.4. The first-order valence-electron chi connectivity index (χ1n) is 3.48. The quantitative estimate of drug-likeness (QED) is 0.535. The van der Waals surface area contributed by atoms with Crippen molar-refractivity contribution in [2.24, 2.45) is 5.92 Å². The summed E-state index contributed by atoms with van der Waals surface area (Å²) in [5.41, 5.74) is -2.16. The molecule has 5 N–H and O–H groups in total. The summed E-state index contributed by atoms with van der Waals surface area (Å²) in [6.45, 7) is 2.91. The van der Waals surface area contributed by atoms with E-state index in [4.69, 9.17) is 10.2 Å². The molecule has 6 heteroatoms. The average molecular weight is 194 g/mol. The van der Waals surface area contributed by atoms with Crippen molar-refractivity contribution in [2.75, 3.05) is 0 Å². The number of carboxylic acid groups (broad SMARTS) is 2. The van der Waals surface area contributed by atoms with Crippen LogP contribution < -0.4 is 0 Å². The SMILES string of the molecule is CC(C)C(O)(CC(=O)O)C(=O)O.O. The van der Waals surface area contributed by atoms with Crippen LogP contribution in [0.4, 0.5) is 0 Å². The van der Waals surface area contributed by atoms with E-state index >= 15 is 0 Å². The van der Waals surface area contributed by atoms with E-state index in [9.17, 15) is 14.7 Å². The Morgan fingerprint density at radius 3 is 1.77 bits per heavy atom. The van der Waals surface area contributed by atoms with Crippen LogP contribution in [0.25, 0.3) is 0 Å². The monoisotopic (exact) mass is 194 g/mol. The minimum absolute atomic E-state index is 0. The fraction of sp³-hybridized carbons (Fsp3) is 0.714. The van der Waals surface area contributed by atoms with Crippen molar-refractivity contribution in [1.82, 2.24) is 0 Å². The van der Waals surface area contributed by atoms with Crippen molar-refractivity contribution in [3.8, 4) is 0 Å². The van der Waals surface area contributed by atoms with Gasteiger partial charge in [0.05, 0.1) is 6.42 Å². The molecule has 0 aromatic heterocycles. The van der Waals surface area contributed by atoms with E-state index in [1.54, 1.807) is 0 Å². The highest BCUT2D eigenvalue weighted by atomic mass is 16.4. The fourth-order valence-corrected chi connectivity index (χ4v) is 0.757. The Morgan fingerprint density at radius 1 is 1.31 bits per heavy atom. The van der Waals surface area contributed by atoms with Gasteiger partial charge in [0.15, 0.2) is 5.60 Å². The minimum atomic E-state index is -2.16. The second-order valence-electron chi connectivity index (χ2n) is 2.95. The molecular formula is C7H14O6. The van der Waals surface area contributed by atoms with Crippen molar-refractivity contribution in [1.29, 1.82) is 0 Å². The molecule has 0 spiro atoms. The molecule has 13 heavy (non-hydrogen) atoms. The maximum atomic E-state index is 10.5. The summed E-state index contributed by atoms with van der Waals surface area (Å²) in [6.07, 6.45) is -0.778. The number of aliphatic hydroxyl groups is 1. The van der Waals surface area contributed by atoms with Gasteiger partial charge >= 0.3 is 11.9 Å². The number of hydrogen-bond acceptors (Lipinski definition) is 3. The second-order valence-corrected chi connectivity index (χ2v) is 2.95. The zero-order chi connectivity index (χ0) is 9.94. The second kappa shape index (κ2) is 4.78. The van der Waals surface area contributed by atoms with Crippen molar-refractivity contribution >= 4 is 11.9 Å². The van der Waals surface area contributed by atoms with Gasteiger partial charge in [0.1, 0.15) is 0 Å². The number of carbonyl (C=O) groups is 2. The number of aliphatic carboxylic acids is 2. The fourth-order valence-electron chi connectivity index (χ4n) is 0.757. The Bertz CT molecular complexity index is 199. The van der Waals surface area contributed by atoms with E-state index < -0.39 is 29.9 Å². The Hall–Kier alpha value is -1.14. The van der Waals surface area contributed by atoms with E-state index in [0.717, 1.165) is 0 Å². The first-order chi connectivity index (χ1) is 5.30. The molecule has 0 fully saturated rings. The van der Waals surface area contributed by atoms with Gasteiger partial charge in [0.2, 0.25) is 0 Å². The summed E-state index contributed by atoms with van der Waals surface area (Å²) in [4.78, 5) is 20.7. The summed E-state index contributed by atoms with van der Waals surface area (Å²) in [5.74, 6) is -3.46. The lowest BCUT2D eigenvalue weighted by Crippen LogP contribution is -2.45. The molecule has 78 valence electrons. The van der Waals surface area contributed by atoms with Crippen LogP contribution in [0.2, 0.25) is 0 Å². The Kier molecular flexibility index (Phi) is 5.29. The summed E-state index contributed by atoms with van der Waals surface area (Å²) < 4.78 is 0. The van der Waals surface area contributed by atoms with Crippen molar-refractivity contribution in [3.05, 3.63) is 0 Å². The largest absolute Gasteiger partial charge is 0.481 e. The molecule has 0 saturated heterocycles. The van der Waals surface area contributed by atoms with Crippen LogP contribution in [0, 0.1) is 5.92 Å². The van der Waals surface area contributed by atoms with Crippen LogP contribution in [0.15, 0.2) is 0 Å². The van der Waals surface area contributed by atoms with E-state index in [1.807, 2.05) is 0 Å². The molecule has 0 radical (unpaired) electrons. The predicted octanol–water partition coefficient (Wildman–Crippen LogP) is -0.892. The van der Waals surface area contributed by atoms with Gasteiger partial charge in [-0.25, -0.2) is 4.79 Å². The molecule has 0 bridgehead atoms. The first-order valence-corrected chi connectivity index (χ1v) is 3.48. The Labute approximate surface area is 75.1 Å². The van der Waals surface area contributed by atoms with Crippen molar-refractivity contribution in [3.63, 3.8) is 0 Å². The predicted molar refractivity (Wildman–Crippen MR) is 43.3 cm³/mol. The molecule has 1 unspecified atom stereocenters. The zero-order valence-electron chi connectivity index (χ0n) is 7.44. The standard InChI is InChI=1S/C7H12O5.H2O/c1-4(2)7(12,6(10)11)3-5(8)9;/h4,12H,3H2,1-2H3,(H,8,9)(H,10,11);1H2. The third-order valence-corrected chi connectivity index (χ3v) is 1.75. The van der Waals surface area contributed by atoms with Crippen LogP contribution >= 0.6 is 0 Å². The van der Waals surface area contributed by atoms with Gasteiger partial charge in [0.25, 0.3) is 0 Å². The lowest BCUT2D eigenvalue weighted by molar-refractivity contribution is -0.170. The molecular weight excluding hydrogens is 180 g/mol. The Morgan fingerprint density at radius 2 is 1.69 bits per heavy atom. The van der Waals surface area contributed by atoms with Crippen LogP contribution in [0.5, 0.6) is 0 Å². The lowest BCUT2D eigenvalue weighted by Gasteiger charge is -2.25. The average Bonchev–Trinajstić information content (AvgIpc) is 1.84. The third kappa shape index (κ3) is 3.39. The van der Waals surface area contributed by atoms with Gasteiger partial charge < -0.3 is 20.8 Å². The lowest BCUT2D eigenvalue weighted by atomic mass is 9.87. The van der Waals surface area contributed by atoms with Gasteiger partial charge in [-0.2, -0.15) is 0 Å².